The van der Waals surface area contributed by atoms with E-state index in [1.54, 1.807) is 0 Å². The zero-order chi connectivity index (χ0) is 19.9. The highest BCUT2D eigenvalue weighted by molar-refractivity contribution is 5.82. The standard InChI is InChI=1S/C19H28FN5O3/c1-18(20)17(28-13(9-26)19(18,2)27)25-11-23-14-15(21-10-22-16(14)25)24-12-7-5-3-4-6-8-12/h10-13,17,26-27H,3-9H2,1-2H3,(H,21,22,24)/t13-,17+,18+,19-/m1/s1. The highest BCUT2D eigenvalue weighted by Gasteiger charge is 2.63. The minimum atomic E-state index is -2.14. The first-order valence-corrected chi connectivity index (χ1v) is 9.98. The molecule has 0 aromatic carbocycles. The molecule has 0 radical (unpaired) electrons. The van der Waals surface area contributed by atoms with Gasteiger partial charge in [0.2, 0.25) is 0 Å². The molecule has 1 saturated heterocycles. The second-order valence-corrected chi connectivity index (χ2v) is 8.26. The smallest absolute Gasteiger partial charge is 0.183 e. The van der Waals surface area contributed by atoms with Crippen LogP contribution in [0.5, 0.6) is 0 Å². The molecule has 2 aliphatic rings. The number of hydrogen-bond donors (Lipinski definition) is 3. The van der Waals surface area contributed by atoms with Gasteiger partial charge in [0.05, 0.1) is 12.9 Å². The molecule has 1 aliphatic carbocycles. The first-order valence-electron chi connectivity index (χ1n) is 9.98. The number of aromatic nitrogens is 4. The van der Waals surface area contributed by atoms with Gasteiger partial charge in [0.1, 0.15) is 18.0 Å². The third kappa shape index (κ3) is 3.05. The lowest BCUT2D eigenvalue weighted by Crippen LogP contribution is -2.51. The molecule has 2 aromatic rings. The number of halogens is 1. The third-order valence-corrected chi connectivity index (χ3v) is 6.35. The van der Waals surface area contributed by atoms with E-state index in [0.717, 1.165) is 12.8 Å². The van der Waals surface area contributed by atoms with Crippen LogP contribution in [0.2, 0.25) is 0 Å². The maximum atomic E-state index is 15.5. The number of ether oxygens (including phenoxy) is 1. The van der Waals surface area contributed by atoms with Crippen LogP contribution in [-0.4, -0.2) is 59.8 Å². The van der Waals surface area contributed by atoms with Crippen molar-refractivity contribution in [1.82, 2.24) is 19.5 Å². The molecule has 0 bridgehead atoms. The van der Waals surface area contributed by atoms with Gasteiger partial charge in [-0.25, -0.2) is 19.3 Å². The average molecular weight is 393 g/mol. The molecule has 3 heterocycles. The molecule has 9 heteroatoms. The number of nitrogens with one attached hydrogen (secondary N) is 1. The van der Waals surface area contributed by atoms with Gasteiger partial charge in [-0.2, -0.15) is 0 Å². The average Bonchev–Trinajstić information content (AvgIpc) is 3.01. The lowest BCUT2D eigenvalue weighted by molar-refractivity contribution is -0.0891. The molecule has 1 aliphatic heterocycles. The molecule has 0 spiro atoms. The van der Waals surface area contributed by atoms with Gasteiger partial charge < -0.3 is 20.3 Å². The molecule has 4 rings (SSSR count). The SMILES string of the molecule is C[C@]1(F)[C@@H](n2cnc3c(NC4CCCCCC4)ncnc32)O[C@H](CO)[C@@]1(C)O. The van der Waals surface area contributed by atoms with Crippen LogP contribution in [0.4, 0.5) is 10.2 Å². The molecule has 3 N–H and O–H groups in total. The molecule has 1 saturated carbocycles. The van der Waals surface area contributed by atoms with Gasteiger partial charge in [-0.3, -0.25) is 4.57 Å². The number of nitrogens with zero attached hydrogens (tertiary/aromatic N) is 4. The van der Waals surface area contributed by atoms with Crippen molar-refractivity contribution in [3.05, 3.63) is 12.7 Å². The first-order chi connectivity index (χ1) is 13.4. The van der Waals surface area contributed by atoms with Crippen molar-refractivity contribution in [2.24, 2.45) is 0 Å². The highest BCUT2D eigenvalue weighted by atomic mass is 19.1. The van der Waals surface area contributed by atoms with Crippen molar-refractivity contribution in [2.45, 2.75) is 82.0 Å². The number of alkyl halides is 1. The first kappa shape index (κ1) is 19.5. The lowest BCUT2D eigenvalue weighted by Gasteiger charge is -2.32. The van der Waals surface area contributed by atoms with Crippen molar-refractivity contribution in [3.8, 4) is 0 Å². The number of rotatable bonds is 4. The van der Waals surface area contributed by atoms with Gasteiger partial charge in [-0.1, -0.05) is 25.7 Å². The number of aliphatic hydroxyl groups excluding tert-OH is 1. The van der Waals surface area contributed by atoms with Gasteiger partial charge >= 0.3 is 0 Å². The highest BCUT2D eigenvalue weighted by Crippen LogP contribution is 2.48. The Morgan fingerprint density at radius 3 is 2.57 bits per heavy atom. The van der Waals surface area contributed by atoms with Crippen LogP contribution in [-0.2, 0) is 4.74 Å². The van der Waals surface area contributed by atoms with Crippen molar-refractivity contribution in [1.29, 1.82) is 0 Å². The fourth-order valence-corrected chi connectivity index (χ4v) is 4.27. The molecule has 28 heavy (non-hydrogen) atoms. The number of anilines is 1. The molecular formula is C19H28FN5O3. The molecular weight excluding hydrogens is 365 g/mol. The van der Waals surface area contributed by atoms with Gasteiger partial charge in [0.15, 0.2) is 28.9 Å². The Morgan fingerprint density at radius 1 is 1.21 bits per heavy atom. The Balaban J connectivity index is 1.67. The van der Waals surface area contributed by atoms with Gasteiger partial charge in [-0.15, -0.1) is 0 Å². The predicted molar refractivity (Wildman–Crippen MR) is 102 cm³/mol. The van der Waals surface area contributed by atoms with E-state index < -0.39 is 30.2 Å². The lowest BCUT2D eigenvalue weighted by atomic mass is 9.85. The summed E-state index contributed by atoms with van der Waals surface area (Å²) >= 11 is 0. The van der Waals surface area contributed by atoms with E-state index in [1.807, 2.05) is 0 Å². The molecule has 0 unspecified atom stereocenters. The van der Waals surface area contributed by atoms with E-state index in [-0.39, 0.29) is 0 Å². The zero-order valence-corrected chi connectivity index (χ0v) is 16.3. The van der Waals surface area contributed by atoms with Gasteiger partial charge in [0, 0.05) is 6.04 Å². The van der Waals surface area contributed by atoms with E-state index >= 15 is 4.39 Å². The summed E-state index contributed by atoms with van der Waals surface area (Å²) in [7, 11) is 0. The van der Waals surface area contributed by atoms with E-state index in [2.05, 4.69) is 20.3 Å². The van der Waals surface area contributed by atoms with E-state index in [1.165, 1.54) is 56.8 Å². The summed E-state index contributed by atoms with van der Waals surface area (Å²) in [6.07, 6.45) is 7.73. The van der Waals surface area contributed by atoms with Crippen molar-refractivity contribution >= 4 is 17.0 Å². The van der Waals surface area contributed by atoms with Gasteiger partial charge in [-0.05, 0) is 26.7 Å². The molecule has 2 aromatic heterocycles. The number of imidazole rings is 1. The summed E-state index contributed by atoms with van der Waals surface area (Å²) in [5.74, 6) is 0.625. The summed E-state index contributed by atoms with van der Waals surface area (Å²) < 4.78 is 22.6. The normalized spacial score (nSPS) is 34.6. The summed E-state index contributed by atoms with van der Waals surface area (Å²) in [6.45, 7) is 2.12. The van der Waals surface area contributed by atoms with E-state index in [4.69, 9.17) is 4.74 Å². The van der Waals surface area contributed by atoms with Crippen LogP contribution in [0.1, 0.15) is 58.6 Å². The topological polar surface area (TPSA) is 105 Å². The number of aliphatic hydroxyl groups is 2. The molecule has 0 amide bonds. The fraction of sp³-hybridized carbons (Fsp3) is 0.737. The van der Waals surface area contributed by atoms with Crippen molar-refractivity contribution in [2.75, 3.05) is 11.9 Å². The Kier molecular flexibility index (Phi) is 5.01. The minimum Gasteiger partial charge on any atom is -0.394 e. The Bertz CT molecular complexity index is 832. The summed E-state index contributed by atoms with van der Waals surface area (Å²) in [5.41, 5.74) is -3.03. The Labute approximate surface area is 163 Å². The Hall–Kier alpha value is -1.84. The molecule has 154 valence electrons. The largest absolute Gasteiger partial charge is 0.394 e. The fourth-order valence-electron chi connectivity index (χ4n) is 4.27. The van der Waals surface area contributed by atoms with Crippen LogP contribution in [0.3, 0.4) is 0 Å². The number of fused-ring (bicyclic) bond motifs is 1. The third-order valence-electron chi connectivity index (χ3n) is 6.35. The second-order valence-electron chi connectivity index (χ2n) is 8.26. The maximum absolute atomic E-state index is 15.5. The molecule has 2 fully saturated rings. The number of hydrogen-bond acceptors (Lipinski definition) is 7. The second kappa shape index (κ2) is 7.20. The van der Waals surface area contributed by atoms with Crippen LogP contribution < -0.4 is 5.32 Å². The molecule has 8 nitrogen and oxygen atoms in total. The summed E-state index contributed by atoms with van der Waals surface area (Å²) in [5, 5.41) is 23.6. The van der Waals surface area contributed by atoms with Crippen LogP contribution in [0.25, 0.3) is 11.2 Å². The summed E-state index contributed by atoms with van der Waals surface area (Å²) in [4.78, 5) is 13.0. The molecule has 4 atom stereocenters. The van der Waals surface area contributed by atoms with Crippen molar-refractivity contribution in [3.63, 3.8) is 0 Å². The van der Waals surface area contributed by atoms with Crippen molar-refractivity contribution < 1.29 is 19.3 Å². The van der Waals surface area contributed by atoms with Gasteiger partial charge in [0.25, 0.3) is 0 Å². The maximum Gasteiger partial charge on any atom is 0.183 e. The van der Waals surface area contributed by atoms with Crippen LogP contribution in [0.15, 0.2) is 12.7 Å². The Morgan fingerprint density at radius 2 is 1.93 bits per heavy atom. The van der Waals surface area contributed by atoms with Crippen LogP contribution in [0, 0.1) is 0 Å². The monoisotopic (exact) mass is 393 g/mol. The quantitative estimate of drug-likeness (QED) is 0.685. The van der Waals surface area contributed by atoms with Crippen LogP contribution >= 0.6 is 0 Å². The summed E-state index contributed by atoms with van der Waals surface area (Å²) in [6, 6.07) is 0.333. The predicted octanol–water partition coefficient (Wildman–Crippen LogP) is 2.33. The minimum absolute atomic E-state index is 0.333. The zero-order valence-electron chi connectivity index (χ0n) is 16.3. The van der Waals surface area contributed by atoms with E-state index in [0.29, 0.717) is 23.0 Å². The van der Waals surface area contributed by atoms with E-state index in [9.17, 15) is 10.2 Å².